The number of thiophene rings is 1. The molecule has 6 nitrogen and oxygen atoms in total. The smallest absolute Gasteiger partial charge is 0.348 e. The number of fused-ring (bicyclic) bond motifs is 1. The number of nitrogens with one attached hydrogen (secondary N) is 1. The lowest BCUT2D eigenvalue weighted by atomic mass is 10.1. The molecule has 3 aromatic rings. The Labute approximate surface area is 156 Å². The second kappa shape index (κ2) is 8.14. The van der Waals surface area contributed by atoms with Gasteiger partial charge in [0.05, 0.1) is 19.1 Å². The number of nitrogens with zero attached hydrogens (tertiary/aromatic N) is 2. The monoisotopic (exact) mass is 371 g/mol. The van der Waals surface area contributed by atoms with E-state index in [1.807, 2.05) is 31.2 Å². The van der Waals surface area contributed by atoms with Crippen molar-refractivity contribution >= 4 is 33.3 Å². The molecule has 0 spiro atoms. The lowest BCUT2D eigenvalue weighted by Crippen LogP contribution is -2.07. The molecule has 0 aliphatic heterocycles. The number of hydrogen-bond acceptors (Lipinski definition) is 7. The number of ether oxygens (including phenoxy) is 2. The molecule has 26 heavy (non-hydrogen) atoms. The highest BCUT2D eigenvalue weighted by Crippen LogP contribution is 2.33. The van der Waals surface area contributed by atoms with Crippen molar-refractivity contribution in [2.75, 3.05) is 25.6 Å². The van der Waals surface area contributed by atoms with Gasteiger partial charge >= 0.3 is 5.97 Å². The molecular formula is C19H21N3O3S. The van der Waals surface area contributed by atoms with Gasteiger partial charge in [0.1, 0.15) is 27.6 Å². The van der Waals surface area contributed by atoms with Gasteiger partial charge in [-0.3, -0.25) is 0 Å². The lowest BCUT2D eigenvalue weighted by Gasteiger charge is -2.08. The molecule has 0 saturated carbocycles. The van der Waals surface area contributed by atoms with Crippen LogP contribution in [0.3, 0.4) is 0 Å². The molecule has 0 saturated heterocycles. The van der Waals surface area contributed by atoms with Crippen molar-refractivity contribution in [1.29, 1.82) is 0 Å². The van der Waals surface area contributed by atoms with Crippen molar-refractivity contribution in [2.45, 2.75) is 20.3 Å². The molecule has 7 heteroatoms. The van der Waals surface area contributed by atoms with Crippen LogP contribution >= 0.6 is 11.3 Å². The predicted octanol–water partition coefficient (Wildman–Crippen LogP) is 3.84. The number of anilines is 1. The summed E-state index contributed by atoms with van der Waals surface area (Å²) >= 11 is 1.34. The number of aromatic nitrogens is 2. The predicted molar refractivity (Wildman–Crippen MR) is 103 cm³/mol. The number of benzene rings is 1. The van der Waals surface area contributed by atoms with E-state index in [1.165, 1.54) is 23.2 Å². The molecule has 3 rings (SSSR count). The van der Waals surface area contributed by atoms with Gasteiger partial charge in [0, 0.05) is 6.54 Å². The Kier molecular flexibility index (Phi) is 5.68. The zero-order valence-electron chi connectivity index (χ0n) is 15.0. The molecule has 0 radical (unpaired) electrons. The van der Waals surface area contributed by atoms with Gasteiger partial charge < -0.3 is 14.8 Å². The number of aryl methyl sites for hydroxylation is 1. The van der Waals surface area contributed by atoms with Crippen molar-refractivity contribution in [3.63, 3.8) is 0 Å². The Morgan fingerprint density at radius 3 is 2.69 bits per heavy atom. The number of carbonyl (C=O) groups excluding carboxylic acids is 1. The van der Waals surface area contributed by atoms with Crippen molar-refractivity contribution in [2.24, 2.45) is 0 Å². The standard InChI is InChI=1S/C19H21N3O3S/c1-4-25-19(23)16-12(2)15-17(21-11-22-18(15)26-16)20-10-9-13-5-7-14(24-3)8-6-13/h5-8,11H,4,9-10H2,1-3H3,(H,20,21,22). The van der Waals surface area contributed by atoms with E-state index in [2.05, 4.69) is 15.3 Å². The van der Waals surface area contributed by atoms with Crippen LogP contribution in [0.15, 0.2) is 30.6 Å². The van der Waals surface area contributed by atoms with E-state index in [4.69, 9.17) is 9.47 Å². The first-order chi connectivity index (χ1) is 12.6. The average Bonchev–Trinajstić information content (AvgIpc) is 3.00. The van der Waals surface area contributed by atoms with Crippen LogP contribution in [0.25, 0.3) is 10.2 Å². The molecule has 0 amide bonds. The summed E-state index contributed by atoms with van der Waals surface area (Å²) in [6.07, 6.45) is 2.37. The molecule has 2 aromatic heterocycles. The van der Waals surface area contributed by atoms with Crippen LogP contribution in [0.1, 0.15) is 27.7 Å². The maximum atomic E-state index is 12.1. The van der Waals surface area contributed by atoms with Crippen LogP contribution in [0.4, 0.5) is 5.82 Å². The molecule has 0 unspecified atom stereocenters. The second-order valence-electron chi connectivity index (χ2n) is 5.70. The Morgan fingerprint density at radius 2 is 2.00 bits per heavy atom. The Balaban J connectivity index is 1.76. The summed E-state index contributed by atoms with van der Waals surface area (Å²) in [5.41, 5.74) is 2.06. The zero-order chi connectivity index (χ0) is 18.5. The Bertz CT molecular complexity index is 906. The molecular weight excluding hydrogens is 350 g/mol. The third-order valence-electron chi connectivity index (χ3n) is 4.05. The number of carbonyl (C=O) groups is 1. The van der Waals surface area contributed by atoms with Crippen molar-refractivity contribution in [3.05, 3.63) is 46.6 Å². The van der Waals surface area contributed by atoms with E-state index in [-0.39, 0.29) is 5.97 Å². The molecule has 2 heterocycles. The third-order valence-corrected chi connectivity index (χ3v) is 5.23. The molecule has 136 valence electrons. The molecule has 0 fully saturated rings. The minimum atomic E-state index is -0.308. The summed E-state index contributed by atoms with van der Waals surface area (Å²) in [7, 11) is 1.66. The average molecular weight is 371 g/mol. The van der Waals surface area contributed by atoms with E-state index in [1.54, 1.807) is 14.0 Å². The number of hydrogen-bond donors (Lipinski definition) is 1. The third kappa shape index (κ3) is 3.77. The van der Waals surface area contributed by atoms with Crippen LogP contribution in [0.2, 0.25) is 0 Å². The summed E-state index contributed by atoms with van der Waals surface area (Å²) in [6, 6.07) is 8.00. The molecule has 0 bridgehead atoms. The second-order valence-corrected chi connectivity index (χ2v) is 6.70. The quantitative estimate of drug-likeness (QED) is 0.636. The number of rotatable bonds is 7. The van der Waals surface area contributed by atoms with Gasteiger partial charge in [0.2, 0.25) is 0 Å². The summed E-state index contributed by atoms with van der Waals surface area (Å²) in [6.45, 7) is 4.78. The van der Waals surface area contributed by atoms with Crippen LogP contribution in [-0.2, 0) is 11.2 Å². The number of methoxy groups -OCH3 is 1. The normalized spacial score (nSPS) is 10.7. The van der Waals surface area contributed by atoms with Crippen LogP contribution in [-0.4, -0.2) is 36.2 Å². The van der Waals surface area contributed by atoms with Gasteiger partial charge in [-0.05, 0) is 43.5 Å². The zero-order valence-corrected chi connectivity index (χ0v) is 15.9. The van der Waals surface area contributed by atoms with Gasteiger partial charge in [-0.1, -0.05) is 12.1 Å². The molecule has 0 aliphatic rings. The van der Waals surface area contributed by atoms with E-state index < -0.39 is 0 Å². The SMILES string of the molecule is CCOC(=O)c1sc2ncnc(NCCc3ccc(OC)cc3)c2c1C. The van der Waals surface area contributed by atoms with Crippen LogP contribution in [0, 0.1) is 6.92 Å². The van der Waals surface area contributed by atoms with Crippen molar-refractivity contribution < 1.29 is 14.3 Å². The fraction of sp³-hybridized carbons (Fsp3) is 0.316. The van der Waals surface area contributed by atoms with Crippen molar-refractivity contribution in [1.82, 2.24) is 9.97 Å². The summed E-state index contributed by atoms with van der Waals surface area (Å²) in [4.78, 5) is 22.1. The van der Waals surface area contributed by atoms with Gasteiger partial charge in [0.25, 0.3) is 0 Å². The molecule has 0 aliphatic carbocycles. The van der Waals surface area contributed by atoms with Gasteiger partial charge in [-0.2, -0.15) is 0 Å². The number of esters is 1. The highest BCUT2D eigenvalue weighted by Gasteiger charge is 2.19. The topological polar surface area (TPSA) is 73.3 Å². The van der Waals surface area contributed by atoms with E-state index in [9.17, 15) is 4.79 Å². The first-order valence-electron chi connectivity index (χ1n) is 8.42. The fourth-order valence-corrected chi connectivity index (χ4v) is 3.76. The maximum Gasteiger partial charge on any atom is 0.348 e. The van der Waals surface area contributed by atoms with Gasteiger partial charge in [0.15, 0.2) is 0 Å². The lowest BCUT2D eigenvalue weighted by molar-refractivity contribution is 0.0531. The van der Waals surface area contributed by atoms with Gasteiger partial charge in [-0.15, -0.1) is 11.3 Å². The Morgan fingerprint density at radius 1 is 1.23 bits per heavy atom. The highest BCUT2D eigenvalue weighted by molar-refractivity contribution is 7.20. The summed E-state index contributed by atoms with van der Waals surface area (Å²) < 4.78 is 10.3. The molecule has 1 N–H and O–H groups in total. The fourth-order valence-electron chi connectivity index (χ4n) is 2.71. The van der Waals surface area contributed by atoms with Gasteiger partial charge in [-0.25, -0.2) is 14.8 Å². The van der Waals surface area contributed by atoms with E-state index >= 15 is 0 Å². The minimum absolute atomic E-state index is 0.308. The largest absolute Gasteiger partial charge is 0.497 e. The summed E-state index contributed by atoms with van der Waals surface area (Å²) in [5.74, 6) is 1.28. The molecule has 0 atom stereocenters. The minimum Gasteiger partial charge on any atom is -0.497 e. The van der Waals surface area contributed by atoms with E-state index in [0.29, 0.717) is 11.5 Å². The first-order valence-corrected chi connectivity index (χ1v) is 9.23. The first kappa shape index (κ1) is 18.1. The summed E-state index contributed by atoms with van der Waals surface area (Å²) in [5, 5.41) is 4.25. The molecule has 1 aromatic carbocycles. The van der Waals surface area contributed by atoms with E-state index in [0.717, 1.165) is 40.3 Å². The highest BCUT2D eigenvalue weighted by atomic mass is 32.1. The van der Waals surface area contributed by atoms with Crippen molar-refractivity contribution in [3.8, 4) is 5.75 Å². The van der Waals surface area contributed by atoms with Crippen LogP contribution < -0.4 is 10.1 Å². The van der Waals surface area contributed by atoms with Crippen LogP contribution in [0.5, 0.6) is 5.75 Å². The Hall–Kier alpha value is -2.67. The maximum absolute atomic E-state index is 12.1.